The maximum Gasteiger partial charge on any atom is 0.262 e. The highest BCUT2D eigenvalue weighted by molar-refractivity contribution is 7.92. The molecule has 0 spiro atoms. The average Bonchev–Trinajstić information content (AvgIpc) is 3.44. The van der Waals surface area contributed by atoms with Gasteiger partial charge in [-0.2, -0.15) is 0 Å². The third-order valence-electron chi connectivity index (χ3n) is 6.63. The van der Waals surface area contributed by atoms with Crippen LogP contribution >= 0.6 is 0 Å². The lowest BCUT2D eigenvalue weighted by molar-refractivity contribution is -0.119. The van der Waals surface area contributed by atoms with Crippen LogP contribution in [0.1, 0.15) is 46.2 Å². The predicted molar refractivity (Wildman–Crippen MR) is 116 cm³/mol. The molecule has 1 saturated carbocycles. The van der Waals surface area contributed by atoms with E-state index >= 15 is 0 Å². The van der Waals surface area contributed by atoms with Gasteiger partial charge in [0.2, 0.25) is 5.91 Å². The standard InChI is InChI=1S/C23H28N2O3S/c1-13-14(2)16(4)22(17(5)15(13)3)29(27,28)24-20-9-8-18-10-11-25(21(18)12-20)23(26)19-6-7-19/h8-9,12,19,24H,6-7,10-11H2,1-5H3. The lowest BCUT2D eigenvalue weighted by Gasteiger charge is -2.20. The average molecular weight is 413 g/mol. The summed E-state index contributed by atoms with van der Waals surface area (Å²) in [7, 11) is -3.75. The third kappa shape index (κ3) is 3.33. The van der Waals surface area contributed by atoms with Gasteiger partial charge < -0.3 is 4.90 Å². The van der Waals surface area contributed by atoms with Crippen molar-refractivity contribution in [2.75, 3.05) is 16.2 Å². The van der Waals surface area contributed by atoms with Crippen LogP contribution in [0.15, 0.2) is 23.1 Å². The van der Waals surface area contributed by atoms with Crippen molar-refractivity contribution in [3.05, 3.63) is 51.6 Å². The molecule has 0 unspecified atom stereocenters. The molecule has 5 nitrogen and oxygen atoms in total. The summed E-state index contributed by atoms with van der Waals surface area (Å²) in [5.74, 6) is 0.310. The van der Waals surface area contributed by atoms with Crippen LogP contribution < -0.4 is 9.62 Å². The molecule has 1 N–H and O–H groups in total. The smallest absolute Gasteiger partial charge is 0.262 e. The second kappa shape index (κ2) is 6.87. The van der Waals surface area contributed by atoms with E-state index in [0.717, 1.165) is 58.3 Å². The molecule has 2 aromatic carbocycles. The summed E-state index contributed by atoms with van der Waals surface area (Å²) < 4.78 is 29.4. The predicted octanol–water partition coefficient (Wildman–Crippen LogP) is 4.33. The molecule has 0 radical (unpaired) electrons. The van der Waals surface area contributed by atoms with Gasteiger partial charge in [-0.15, -0.1) is 0 Å². The zero-order valence-corrected chi connectivity index (χ0v) is 18.5. The fourth-order valence-electron chi connectivity index (χ4n) is 4.30. The van der Waals surface area contributed by atoms with E-state index in [1.807, 2.05) is 45.6 Å². The van der Waals surface area contributed by atoms with Crippen molar-refractivity contribution in [3.8, 4) is 0 Å². The lowest BCUT2D eigenvalue weighted by atomic mass is 9.95. The summed E-state index contributed by atoms with van der Waals surface area (Å²) in [6.45, 7) is 10.4. The SMILES string of the molecule is Cc1c(C)c(C)c(S(=O)(=O)Nc2ccc3c(c2)N(C(=O)C2CC2)CC3)c(C)c1C. The fraction of sp³-hybridized carbons (Fsp3) is 0.435. The minimum absolute atomic E-state index is 0.144. The molecule has 29 heavy (non-hydrogen) atoms. The van der Waals surface area contributed by atoms with E-state index in [0.29, 0.717) is 17.1 Å². The van der Waals surface area contributed by atoms with E-state index in [4.69, 9.17) is 0 Å². The number of fused-ring (bicyclic) bond motifs is 1. The number of hydrogen-bond donors (Lipinski definition) is 1. The van der Waals surface area contributed by atoms with Crippen molar-refractivity contribution >= 4 is 27.3 Å². The van der Waals surface area contributed by atoms with Gasteiger partial charge in [-0.3, -0.25) is 9.52 Å². The van der Waals surface area contributed by atoms with E-state index < -0.39 is 10.0 Å². The molecule has 0 aromatic heterocycles. The van der Waals surface area contributed by atoms with E-state index in [2.05, 4.69) is 4.72 Å². The molecule has 6 heteroatoms. The Bertz CT molecular complexity index is 1100. The molecule has 0 atom stereocenters. The number of nitrogens with one attached hydrogen (secondary N) is 1. The van der Waals surface area contributed by atoms with E-state index in [-0.39, 0.29) is 11.8 Å². The second-order valence-corrected chi connectivity index (χ2v) is 10.0. The molecule has 2 aliphatic rings. The summed E-state index contributed by atoms with van der Waals surface area (Å²) in [5.41, 5.74) is 7.13. The van der Waals surface area contributed by atoms with E-state index in [1.54, 1.807) is 12.1 Å². The molecular weight excluding hydrogens is 384 g/mol. The first-order valence-corrected chi connectivity index (χ1v) is 11.6. The van der Waals surface area contributed by atoms with E-state index in [9.17, 15) is 13.2 Å². The first-order chi connectivity index (χ1) is 13.6. The normalized spacial score (nSPS) is 16.1. The Morgan fingerprint density at radius 1 is 0.966 bits per heavy atom. The van der Waals surface area contributed by atoms with Crippen LogP contribution in [0.3, 0.4) is 0 Å². The number of hydrogen-bond acceptors (Lipinski definition) is 3. The maximum atomic E-state index is 13.3. The molecule has 0 saturated heterocycles. The highest BCUT2D eigenvalue weighted by Crippen LogP contribution is 2.38. The van der Waals surface area contributed by atoms with Crippen LogP contribution in [0.25, 0.3) is 0 Å². The molecule has 1 aliphatic carbocycles. The van der Waals surface area contributed by atoms with Crippen molar-refractivity contribution in [3.63, 3.8) is 0 Å². The van der Waals surface area contributed by atoms with Crippen LogP contribution in [0.2, 0.25) is 0 Å². The lowest BCUT2D eigenvalue weighted by Crippen LogP contribution is -2.30. The molecule has 1 fully saturated rings. The minimum atomic E-state index is -3.75. The molecular formula is C23H28N2O3S. The number of nitrogens with zero attached hydrogens (tertiary/aromatic N) is 1. The number of sulfonamides is 1. The quantitative estimate of drug-likeness (QED) is 0.813. The monoisotopic (exact) mass is 412 g/mol. The molecule has 0 bridgehead atoms. The Morgan fingerprint density at radius 2 is 1.55 bits per heavy atom. The molecule has 1 aliphatic heterocycles. The summed E-state index contributed by atoms with van der Waals surface area (Å²) in [6, 6.07) is 5.53. The zero-order chi connectivity index (χ0) is 21.1. The van der Waals surface area contributed by atoms with Gasteiger partial charge in [0.15, 0.2) is 0 Å². The Balaban J connectivity index is 1.70. The Kier molecular flexibility index (Phi) is 4.73. The van der Waals surface area contributed by atoms with Gasteiger partial charge in [0.25, 0.3) is 10.0 Å². The number of carbonyl (C=O) groups excluding carboxylic acids is 1. The minimum Gasteiger partial charge on any atom is -0.312 e. The van der Waals surface area contributed by atoms with E-state index in [1.165, 1.54) is 0 Å². The van der Waals surface area contributed by atoms with Gasteiger partial charge in [0, 0.05) is 18.2 Å². The van der Waals surface area contributed by atoms with Crippen LogP contribution in [0.4, 0.5) is 11.4 Å². The number of rotatable bonds is 4. The van der Waals surface area contributed by atoms with Gasteiger partial charge in [-0.05, 0) is 99.4 Å². The van der Waals surface area contributed by atoms with Gasteiger partial charge in [-0.1, -0.05) is 6.07 Å². The van der Waals surface area contributed by atoms with Crippen LogP contribution in [0, 0.1) is 40.5 Å². The van der Waals surface area contributed by atoms with Crippen LogP contribution in [0.5, 0.6) is 0 Å². The summed E-state index contributed by atoms with van der Waals surface area (Å²) in [5, 5.41) is 0. The molecule has 1 amide bonds. The number of carbonyl (C=O) groups is 1. The van der Waals surface area contributed by atoms with Gasteiger partial charge in [0.05, 0.1) is 10.6 Å². The summed E-state index contributed by atoms with van der Waals surface area (Å²) in [6.07, 6.45) is 2.73. The molecule has 154 valence electrons. The Labute approximate surface area is 173 Å². The van der Waals surface area contributed by atoms with Gasteiger partial charge in [-0.25, -0.2) is 8.42 Å². The Morgan fingerprint density at radius 3 is 2.14 bits per heavy atom. The summed E-state index contributed by atoms with van der Waals surface area (Å²) >= 11 is 0. The number of benzene rings is 2. The zero-order valence-electron chi connectivity index (χ0n) is 17.7. The van der Waals surface area contributed by atoms with Crippen molar-refractivity contribution < 1.29 is 13.2 Å². The third-order valence-corrected chi connectivity index (χ3v) is 8.28. The van der Waals surface area contributed by atoms with Gasteiger partial charge >= 0.3 is 0 Å². The molecule has 4 rings (SSSR count). The van der Waals surface area contributed by atoms with Crippen molar-refractivity contribution in [1.82, 2.24) is 0 Å². The number of amides is 1. The molecule has 2 aromatic rings. The van der Waals surface area contributed by atoms with Crippen molar-refractivity contribution in [2.45, 2.75) is 58.8 Å². The summed E-state index contributed by atoms with van der Waals surface area (Å²) in [4.78, 5) is 14.7. The highest BCUT2D eigenvalue weighted by Gasteiger charge is 2.36. The number of anilines is 2. The topological polar surface area (TPSA) is 66.5 Å². The second-order valence-electron chi connectivity index (χ2n) is 8.42. The molecule has 1 heterocycles. The first-order valence-electron chi connectivity index (χ1n) is 10.2. The maximum absolute atomic E-state index is 13.3. The highest BCUT2D eigenvalue weighted by atomic mass is 32.2. The van der Waals surface area contributed by atoms with Crippen molar-refractivity contribution in [1.29, 1.82) is 0 Å². The fourth-order valence-corrected chi connectivity index (χ4v) is 5.95. The van der Waals surface area contributed by atoms with Crippen LogP contribution in [-0.2, 0) is 21.2 Å². The van der Waals surface area contributed by atoms with Crippen LogP contribution in [-0.4, -0.2) is 20.9 Å². The van der Waals surface area contributed by atoms with Gasteiger partial charge in [0.1, 0.15) is 0 Å². The Hall–Kier alpha value is -2.34. The van der Waals surface area contributed by atoms with Crippen molar-refractivity contribution in [2.24, 2.45) is 5.92 Å². The first kappa shape index (κ1) is 20.0. The largest absolute Gasteiger partial charge is 0.312 e.